The van der Waals surface area contributed by atoms with Gasteiger partial charge in [-0.25, -0.2) is 18.1 Å². The maximum Gasteiger partial charge on any atom is 0.259 e. The molecule has 110 valence electrons. The summed E-state index contributed by atoms with van der Waals surface area (Å²) in [5, 5.41) is 12.0. The van der Waals surface area contributed by atoms with Crippen LogP contribution in [0.1, 0.15) is 24.8 Å². The van der Waals surface area contributed by atoms with Crippen LogP contribution >= 0.6 is 12.4 Å². The van der Waals surface area contributed by atoms with E-state index in [1.54, 1.807) is 6.07 Å². The highest BCUT2D eigenvalue weighted by Crippen LogP contribution is 2.12. The van der Waals surface area contributed by atoms with Crippen LogP contribution in [0, 0.1) is 11.3 Å². The largest absolute Gasteiger partial charge is 0.313 e. The minimum absolute atomic E-state index is 0. The third kappa shape index (κ3) is 4.15. The van der Waals surface area contributed by atoms with Crippen molar-refractivity contribution >= 4 is 22.4 Å². The molecule has 0 aromatic carbocycles. The molecule has 1 aliphatic rings. The molecule has 8 heteroatoms. The standard InChI is InChI=1S/C12H16N4O2S.ClH/c13-8-10-4-3-7-15-12(10)19(17,18)16-9-11-5-1-2-6-14-11;/h3-4,7,11,14,16H,1-2,5-6,9H2;1H. The summed E-state index contributed by atoms with van der Waals surface area (Å²) >= 11 is 0. The molecule has 0 saturated carbocycles. The molecule has 0 radical (unpaired) electrons. The number of hydrogen-bond donors (Lipinski definition) is 2. The first-order valence-corrected chi connectivity index (χ1v) is 7.70. The van der Waals surface area contributed by atoms with Crippen molar-refractivity contribution in [2.24, 2.45) is 0 Å². The SMILES string of the molecule is Cl.N#Cc1cccnc1S(=O)(=O)NCC1CCCCN1. The number of aromatic nitrogens is 1. The molecule has 1 aromatic heterocycles. The quantitative estimate of drug-likeness (QED) is 0.856. The number of nitrogens with zero attached hydrogens (tertiary/aromatic N) is 2. The van der Waals surface area contributed by atoms with Crippen LogP contribution in [0.25, 0.3) is 0 Å². The second kappa shape index (κ2) is 7.55. The Morgan fingerprint density at radius 2 is 2.30 bits per heavy atom. The zero-order valence-corrected chi connectivity index (χ0v) is 12.5. The topological polar surface area (TPSA) is 94.9 Å². The third-order valence-corrected chi connectivity index (χ3v) is 4.46. The van der Waals surface area contributed by atoms with Gasteiger partial charge in [0.15, 0.2) is 5.03 Å². The minimum atomic E-state index is -3.73. The predicted molar refractivity (Wildman–Crippen MR) is 77.0 cm³/mol. The van der Waals surface area contributed by atoms with Gasteiger partial charge in [0, 0.05) is 18.8 Å². The van der Waals surface area contributed by atoms with Crippen LogP contribution in [0.15, 0.2) is 23.4 Å². The molecule has 2 N–H and O–H groups in total. The molecule has 0 bridgehead atoms. The Morgan fingerprint density at radius 1 is 1.50 bits per heavy atom. The van der Waals surface area contributed by atoms with E-state index in [1.807, 2.05) is 6.07 Å². The minimum Gasteiger partial charge on any atom is -0.313 e. The maximum absolute atomic E-state index is 12.1. The highest BCUT2D eigenvalue weighted by Gasteiger charge is 2.22. The normalized spacial score (nSPS) is 18.9. The van der Waals surface area contributed by atoms with Gasteiger partial charge in [-0.3, -0.25) is 0 Å². The first-order valence-electron chi connectivity index (χ1n) is 6.21. The van der Waals surface area contributed by atoms with E-state index in [2.05, 4.69) is 15.0 Å². The molecule has 0 amide bonds. The molecule has 2 heterocycles. The molecule has 6 nitrogen and oxygen atoms in total. The van der Waals surface area contributed by atoms with Crippen LogP contribution in [0.4, 0.5) is 0 Å². The molecule has 1 aromatic rings. The fraction of sp³-hybridized carbons (Fsp3) is 0.500. The summed E-state index contributed by atoms with van der Waals surface area (Å²) in [4.78, 5) is 3.79. The lowest BCUT2D eigenvalue weighted by Gasteiger charge is -2.23. The molecule has 1 aliphatic heterocycles. The molecular weight excluding hydrogens is 300 g/mol. The highest BCUT2D eigenvalue weighted by atomic mass is 35.5. The van der Waals surface area contributed by atoms with Gasteiger partial charge >= 0.3 is 0 Å². The third-order valence-electron chi connectivity index (χ3n) is 3.08. The summed E-state index contributed by atoms with van der Waals surface area (Å²) in [6.45, 7) is 1.24. The molecule has 2 rings (SSSR count). The molecule has 1 unspecified atom stereocenters. The summed E-state index contributed by atoms with van der Waals surface area (Å²) in [6.07, 6.45) is 4.55. The molecule has 20 heavy (non-hydrogen) atoms. The number of piperidine rings is 1. The summed E-state index contributed by atoms with van der Waals surface area (Å²) in [6, 6.07) is 4.98. The van der Waals surface area contributed by atoms with Gasteiger partial charge in [0.1, 0.15) is 6.07 Å². The molecular formula is C12H17ClN4O2S. The lowest BCUT2D eigenvalue weighted by atomic mass is 10.1. The average Bonchev–Trinajstić information content (AvgIpc) is 2.46. The van der Waals surface area contributed by atoms with Crippen LogP contribution in [0.3, 0.4) is 0 Å². The van der Waals surface area contributed by atoms with E-state index >= 15 is 0 Å². The Balaban J connectivity index is 0.00000200. The second-order valence-electron chi connectivity index (χ2n) is 4.47. The van der Waals surface area contributed by atoms with Gasteiger partial charge < -0.3 is 5.32 Å². The number of rotatable bonds is 4. The zero-order valence-electron chi connectivity index (χ0n) is 10.9. The van der Waals surface area contributed by atoms with Crippen molar-refractivity contribution in [2.75, 3.05) is 13.1 Å². The van der Waals surface area contributed by atoms with Gasteiger partial charge in [-0.05, 0) is 31.5 Å². The lowest BCUT2D eigenvalue weighted by Crippen LogP contribution is -2.43. The van der Waals surface area contributed by atoms with Gasteiger partial charge in [-0.2, -0.15) is 5.26 Å². The van der Waals surface area contributed by atoms with Crippen LogP contribution in [-0.2, 0) is 10.0 Å². The molecule has 1 fully saturated rings. The summed E-state index contributed by atoms with van der Waals surface area (Å²) < 4.78 is 26.7. The van der Waals surface area contributed by atoms with Crippen molar-refractivity contribution in [3.63, 3.8) is 0 Å². The lowest BCUT2D eigenvalue weighted by molar-refractivity contribution is 0.398. The summed E-state index contributed by atoms with van der Waals surface area (Å²) in [5.74, 6) is 0. The smallest absolute Gasteiger partial charge is 0.259 e. The predicted octanol–water partition coefficient (Wildman–Crippen LogP) is 0.795. The van der Waals surface area contributed by atoms with Gasteiger partial charge in [-0.1, -0.05) is 6.42 Å². The van der Waals surface area contributed by atoms with Crippen LogP contribution < -0.4 is 10.0 Å². The summed E-state index contributed by atoms with van der Waals surface area (Å²) in [7, 11) is -3.73. The number of nitriles is 1. The number of nitrogens with one attached hydrogen (secondary N) is 2. The monoisotopic (exact) mass is 316 g/mol. The Bertz CT molecular complexity index is 579. The van der Waals surface area contributed by atoms with E-state index in [9.17, 15) is 8.42 Å². The summed E-state index contributed by atoms with van der Waals surface area (Å²) in [5.41, 5.74) is 0.0617. The first kappa shape index (κ1) is 16.9. The van der Waals surface area contributed by atoms with Gasteiger partial charge in [-0.15, -0.1) is 12.4 Å². The Morgan fingerprint density at radius 3 is 2.95 bits per heavy atom. The first-order chi connectivity index (χ1) is 9.13. The van der Waals surface area contributed by atoms with Crippen molar-refractivity contribution in [3.8, 4) is 6.07 Å². The number of halogens is 1. The van der Waals surface area contributed by atoms with Crippen molar-refractivity contribution in [1.29, 1.82) is 5.26 Å². The van der Waals surface area contributed by atoms with E-state index in [0.29, 0.717) is 6.54 Å². The van der Waals surface area contributed by atoms with E-state index < -0.39 is 10.0 Å². The number of hydrogen-bond acceptors (Lipinski definition) is 5. The van der Waals surface area contributed by atoms with Crippen LogP contribution in [0.2, 0.25) is 0 Å². The fourth-order valence-corrected chi connectivity index (χ4v) is 3.23. The molecule has 1 saturated heterocycles. The van der Waals surface area contributed by atoms with E-state index in [0.717, 1.165) is 25.8 Å². The van der Waals surface area contributed by atoms with Gasteiger partial charge in [0.25, 0.3) is 10.0 Å². The van der Waals surface area contributed by atoms with Crippen LogP contribution in [-0.4, -0.2) is 32.5 Å². The average molecular weight is 317 g/mol. The number of sulfonamides is 1. The highest BCUT2D eigenvalue weighted by molar-refractivity contribution is 7.89. The van der Waals surface area contributed by atoms with Crippen molar-refractivity contribution in [1.82, 2.24) is 15.0 Å². The van der Waals surface area contributed by atoms with Crippen molar-refractivity contribution in [3.05, 3.63) is 23.9 Å². The van der Waals surface area contributed by atoms with E-state index in [-0.39, 0.29) is 29.0 Å². The molecule has 1 atom stereocenters. The van der Waals surface area contributed by atoms with E-state index in [4.69, 9.17) is 5.26 Å². The maximum atomic E-state index is 12.1. The van der Waals surface area contributed by atoms with Gasteiger partial charge in [0.05, 0.1) is 5.56 Å². The fourth-order valence-electron chi connectivity index (χ4n) is 2.07. The van der Waals surface area contributed by atoms with Crippen molar-refractivity contribution < 1.29 is 8.42 Å². The van der Waals surface area contributed by atoms with Crippen molar-refractivity contribution in [2.45, 2.75) is 30.3 Å². The molecule has 0 spiro atoms. The number of pyridine rings is 1. The van der Waals surface area contributed by atoms with Crippen LogP contribution in [0.5, 0.6) is 0 Å². The van der Waals surface area contributed by atoms with Gasteiger partial charge in [0.2, 0.25) is 0 Å². The zero-order chi connectivity index (χ0) is 13.7. The Hall–Kier alpha value is -1.20. The molecule has 0 aliphatic carbocycles. The van der Waals surface area contributed by atoms with E-state index in [1.165, 1.54) is 12.3 Å². The Kier molecular flexibility index (Phi) is 6.36. The Labute approximate surface area is 125 Å². The second-order valence-corrected chi connectivity index (χ2v) is 6.15.